The van der Waals surface area contributed by atoms with Crippen molar-refractivity contribution in [2.45, 2.75) is 18.7 Å². The van der Waals surface area contributed by atoms with Crippen LogP contribution in [0.25, 0.3) is 0 Å². The van der Waals surface area contributed by atoms with E-state index in [9.17, 15) is 13.2 Å². The van der Waals surface area contributed by atoms with E-state index in [1.807, 2.05) is 13.8 Å². The highest BCUT2D eigenvalue weighted by molar-refractivity contribution is 7.89. The molecule has 2 N–H and O–H groups in total. The highest BCUT2D eigenvalue weighted by atomic mass is 35.5. The van der Waals surface area contributed by atoms with Crippen LogP contribution in [0.3, 0.4) is 0 Å². The normalized spacial score (nSPS) is 14.7. The predicted molar refractivity (Wildman–Crippen MR) is 75.6 cm³/mol. The molecule has 1 aliphatic rings. The molecule has 0 aromatic heterocycles. The fraction of sp³-hybridized carbons (Fsp3) is 0.417. The van der Waals surface area contributed by atoms with Crippen LogP contribution in [0.1, 0.15) is 13.8 Å². The Kier molecular flexibility index (Phi) is 4.22. The lowest BCUT2D eigenvalue weighted by Gasteiger charge is -2.19. The van der Waals surface area contributed by atoms with E-state index in [1.165, 1.54) is 12.1 Å². The van der Waals surface area contributed by atoms with E-state index in [0.717, 1.165) is 0 Å². The van der Waals surface area contributed by atoms with Gasteiger partial charge in [0.2, 0.25) is 10.0 Å². The number of ether oxygens (including phenoxy) is 1. The number of fused-ring (bicyclic) bond motifs is 1. The number of anilines is 1. The largest absolute Gasteiger partial charge is 0.482 e. The number of sulfonamides is 1. The van der Waals surface area contributed by atoms with E-state index in [2.05, 4.69) is 10.0 Å². The van der Waals surface area contributed by atoms with Gasteiger partial charge in [-0.3, -0.25) is 4.79 Å². The van der Waals surface area contributed by atoms with Gasteiger partial charge in [-0.1, -0.05) is 25.4 Å². The molecule has 0 bridgehead atoms. The van der Waals surface area contributed by atoms with Crippen LogP contribution in [-0.4, -0.2) is 27.5 Å². The van der Waals surface area contributed by atoms with Crippen LogP contribution < -0.4 is 14.8 Å². The van der Waals surface area contributed by atoms with Crippen LogP contribution in [0.5, 0.6) is 5.75 Å². The third-order valence-corrected chi connectivity index (χ3v) is 4.53. The van der Waals surface area contributed by atoms with Gasteiger partial charge in [-0.2, -0.15) is 0 Å². The van der Waals surface area contributed by atoms with Gasteiger partial charge in [0.15, 0.2) is 6.61 Å². The van der Waals surface area contributed by atoms with Gasteiger partial charge >= 0.3 is 0 Å². The summed E-state index contributed by atoms with van der Waals surface area (Å²) in [4.78, 5) is 11.1. The van der Waals surface area contributed by atoms with Crippen molar-refractivity contribution in [2.75, 3.05) is 18.5 Å². The van der Waals surface area contributed by atoms with Crippen molar-refractivity contribution in [1.29, 1.82) is 0 Å². The molecule has 0 aliphatic carbocycles. The van der Waals surface area contributed by atoms with Crippen LogP contribution in [0.15, 0.2) is 17.0 Å². The molecular formula is C12H15ClN2O4S. The van der Waals surface area contributed by atoms with Crippen molar-refractivity contribution in [3.05, 3.63) is 17.2 Å². The third kappa shape index (κ3) is 3.23. The molecule has 1 aromatic rings. The smallest absolute Gasteiger partial charge is 0.262 e. The van der Waals surface area contributed by atoms with E-state index in [1.54, 1.807) is 0 Å². The Morgan fingerprint density at radius 3 is 2.80 bits per heavy atom. The summed E-state index contributed by atoms with van der Waals surface area (Å²) < 4.78 is 32.0. The minimum absolute atomic E-state index is 0.0332. The lowest BCUT2D eigenvalue weighted by atomic mass is 10.2. The zero-order chi connectivity index (χ0) is 14.9. The molecule has 0 saturated carbocycles. The van der Waals surface area contributed by atoms with Crippen LogP contribution in [0, 0.1) is 5.92 Å². The fourth-order valence-electron chi connectivity index (χ4n) is 1.64. The number of hydrogen-bond acceptors (Lipinski definition) is 4. The minimum Gasteiger partial charge on any atom is -0.482 e. The lowest BCUT2D eigenvalue weighted by Crippen LogP contribution is -2.29. The Hall–Kier alpha value is -1.31. The molecule has 0 unspecified atom stereocenters. The Morgan fingerprint density at radius 2 is 2.15 bits per heavy atom. The first-order valence-electron chi connectivity index (χ1n) is 6.05. The van der Waals surface area contributed by atoms with Gasteiger partial charge in [-0.05, 0) is 12.0 Å². The average molecular weight is 319 g/mol. The molecular weight excluding hydrogens is 304 g/mol. The van der Waals surface area contributed by atoms with Crippen LogP contribution in [0.4, 0.5) is 5.69 Å². The second kappa shape index (κ2) is 5.59. The summed E-state index contributed by atoms with van der Waals surface area (Å²) in [5.41, 5.74) is 0.369. The van der Waals surface area contributed by atoms with E-state index < -0.39 is 10.0 Å². The SMILES string of the molecule is CC(C)CNS(=O)(=O)c1cc2c(cc1Cl)NC(=O)CO2. The van der Waals surface area contributed by atoms with Crippen molar-refractivity contribution >= 4 is 33.2 Å². The molecule has 0 radical (unpaired) electrons. The average Bonchev–Trinajstić information content (AvgIpc) is 2.35. The number of nitrogens with one attached hydrogen (secondary N) is 2. The van der Waals surface area contributed by atoms with Gasteiger partial charge in [-0.25, -0.2) is 13.1 Å². The summed E-state index contributed by atoms with van der Waals surface area (Å²) in [6.45, 7) is 3.96. The van der Waals surface area contributed by atoms with Crippen molar-refractivity contribution in [3.63, 3.8) is 0 Å². The topological polar surface area (TPSA) is 84.5 Å². The zero-order valence-corrected chi connectivity index (χ0v) is 12.6. The van der Waals surface area contributed by atoms with Crippen LogP contribution in [-0.2, 0) is 14.8 Å². The van der Waals surface area contributed by atoms with Gasteiger partial charge in [0.05, 0.1) is 10.7 Å². The third-order valence-electron chi connectivity index (χ3n) is 2.64. The lowest BCUT2D eigenvalue weighted by molar-refractivity contribution is -0.118. The zero-order valence-electron chi connectivity index (χ0n) is 11.1. The number of carbonyl (C=O) groups excluding carboxylic acids is 1. The Labute approximate surface area is 122 Å². The summed E-state index contributed by atoms with van der Waals surface area (Å²) in [5.74, 6) is 0.165. The summed E-state index contributed by atoms with van der Waals surface area (Å²) in [6, 6.07) is 2.69. The molecule has 8 heteroatoms. The molecule has 2 rings (SSSR count). The molecule has 20 heavy (non-hydrogen) atoms. The van der Waals surface area contributed by atoms with Crippen LogP contribution in [0.2, 0.25) is 5.02 Å². The van der Waals surface area contributed by atoms with Gasteiger partial charge in [0, 0.05) is 12.6 Å². The highest BCUT2D eigenvalue weighted by Gasteiger charge is 2.24. The monoisotopic (exact) mass is 318 g/mol. The first-order valence-corrected chi connectivity index (χ1v) is 7.91. The first-order chi connectivity index (χ1) is 9.29. The number of carbonyl (C=O) groups is 1. The van der Waals surface area contributed by atoms with Gasteiger partial charge in [-0.15, -0.1) is 0 Å². The van der Waals surface area contributed by atoms with Crippen molar-refractivity contribution in [1.82, 2.24) is 4.72 Å². The molecule has 1 amide bonds. The molecule has 1 heterocycles. The quantitative estimate of drug-likeness (QED) is 0.883. The second-order valence-corrected chi connectivity index (χ2v) is 7.00. The maximum absolute atomic E-state index is 12.2. The Balaban J connectivity index is 2.36. The van der Waals surface area contributed by atoms with E-state index in [-0.39, 0.29) is 28.4 Å². The van der Waals surface area contributed by atoms with E-state index in [0.29, 0.717) is 18.0 Å². The predicted octanol–water partition coefficient (Wildman–Crippen LogP) is 1.61. The summed E-state index contributed by atoms with van der Waals surface area (Å²) in [7, 11) is -3.71. The molecule has 1 aromatic carbocycles. The van der Waals surface area contributed by atoms with Gasteiger partial charge < -0.3 is 10.1 Å². The summed E-state index contributed by atoms with van der Waals surface area (Å²) in [5, 5.41) is 2.60. The van der Waals surface area contributed by atoms with Crippen molar-refractivity contribution in [2.24, 2.45) is 5.92 Å². The Morgan fingerprint density at radius 1 is 1.45 bits per heavy atom. The number of benzene rings is 1. The molecule has 1 aliphatic heterocycles. The van der Waals surface area contributed by atoms with Crippen molar-refractivity contribution in [3.8, 4) is 5.75 Å². The fourth-order valence-corrected chi connectivity index (χ4v) is 3.40. The second-order valence-electron chi connectivity index (χ2n) is 4.86. The first kappa shape index (κ1) is 15.1. The highest BCUT2D eigenvalue weighted by Crippen LogP contribution is 2.35. The maximum Gasteiger partial charge on any atom is 0.262 e. The molecule has 0 saturated heterocycles. The molecule has 0 spiro atoms. The maximum atomic E-state index is 12.2. The van der Waals surface area contributed by atoms with Crippen LogP contribution >= 0.6 is 11.6 Å². The van der Waals surface area contributed by atoms with E-state index in [4.69, 9.17) is 16.3 Å². The van der Waals surface area contributed by atoms with E-state index >= 15 is 0 Å². The van der Waals surface area contributed by atoms with Gasteiger partial charge in [0.1, 0.15) is 10.6 Å². The molecule has 0 atom stereocenters. The Bertz CT molecular complexity index is 643. The molecule has 110 valence electrons. The number of halogens is 1. The summed E-state index contributed by atoms with van der Waals surface area (Å²) in [6.07, 6.45) is 0. The molecule has 0 fully saturated rings. The summed E-state index contributed by atoms with van der Waals surface area (Å²) >= 11 is 5.98. The number of amides is 1. The standard InChI is InChI=1S/C12H15ClN2O4S/c1-7(2)5-14-20(17,18)11-4-10-9(3-8(11)13)15-12(16)6-19-10/h3-4,7,14H,5-6H2,1-2H3,(H,15,16). The van der Waals surface area contributed by atoms with Crippen molar-refractivity contribution < 1.29 is 17.9 Å². The minimum atomic E-state index is -3.71. The number of rotatable bonds is 4. The molecule has 6 nitrogen and oxygen atoms in total. The number of hydrogen-bond donors (Lipinski definition) is 2. The van der Waals surface area contributed by atoms with Gasteiger partial charge in [0.25, 0.3) is 5.91 Å².